The molecule has 0 radical (unpaired) electrons. The van der Waals surface area contributed by atoms with Gasteiger partial charge in [-0.25, -0.2) is 17.4 Å². The molecule has 3 aromatic rings. The van der Waals surface area contributed by atoms with E-state index in [9.17, 15) is 13.2 Å². The van der Waals surface area contributed by atoms with Crippen molar-refractivity contribution in [1.82, 2.24) is 8.96 Å². The van der Waals surface area contributed by atoms with E-state index in [1.165, 1.54) is 10.2 Å². The number of carbonyl (C=O) groups is 1. The summed E-state index contributed by atoms with van der Waals surface area (Å²) < 4.78 is 33.8. The Morgan fingerprint density at radius 2 is 1.86 bits per heavy atom. The van der Waals surface area contributed by atoms with Gasteiger partial charge in [-0.3, -0.25) is 4.79 Å². The van der Waals surface area contributed by atoms with Gasteiger partial charge in [0.05, 0.1) is 34.7 Å². The fraction of sp³-hybridized carbons (Fsp3) is 0.263. The molecule has 1 fully saturated rings. The van der Waals surface area contributed by atoms with Crippen LogP contribution in [0.5, 0.6) is 0 Å². The lowest BCUT2D eigenvalue weighted by Crippen LogP contribution is -2.37. The van der Waals surface area contributed by atoms with Gasteiger partial charge < -0.3 is 9.64 Å². The van der Waals surface area contributed by atoms with E-state index in [2.05, 4.69) is 32.5 Å². The topological polar surface area (TPSA) is 81.5 Å². The predicted molar refractivity (Wildman–Crippen MR) is 115 cm³/mol. The summed E-state index contributed by atoms with van der Waals surface area (Å²) in [5.41, 5.74) is 2.45. The quantitative estimate of drug-likeness (QED) is 0.396. The SMILES string of the molecule is Cc1ccc(S(=O)(=O)n2cc(I)c3c(N4CCOCC4)c(C=O)cnc32)cc1. The molecule has 146 valence electrons. The third-order valence-electron chi connectivity index (χ3n) is 4.77. The lowest BCUT2D eigenvalue weighted by atomic mass is 10.1. The molecule has 0 bridgehead atoms. The fourth-order valence-electron chi connectivity index (χ4n) is 3.34. The van der Waals surface area contributed by atoms with Crippen molar-refractivity contribution in [2.24, 2.45) is 0 Å². The zero-order valence-electron chi connectivity index (χ0n) is 15.1. The molecule has 1 aliphatic rings. The van der Waals surface area contributed by atoms with E-state index in [1.807, 2.05) is 6.92 Å². The highest BCUT2D eigenvalue weighted by Crippen LogP contribution is 2.35. The minimum absolute atomic E-state index is 0.195. The molecule has 0 unspecified atom stereocenters. The van der Waals surface area contributed by atoms with E-state index in [0.29, 0.717) is 48.6 Å². The Balaban J connectivity index is 1.95. The Morgan fingerprint density at radius 1 is 1.18 bits per heavy atom. The monoisotopic (exact) mass is 511 g/mol. The van der Waals surface area contributed by atoms with E-state index in [-0.39, 0.29) is 4.90 Å². The smallest absolute Gasteiger partial charge is 0.269 e. The summed E-state index contributed by atoms with van der Waals surface area (Å²) in [6.07, 6.45) is 3.77. The molecule has 3 heterocycles. The molecule has 0 aliphatic carbocycles. The number of pyridine rings is 1. The highest BCUT2D eigenvalue weighted by atomic mass is 127. The first-order valence-corrected chi connectivity index (χ1v) is 11.2. The molecule has 0 N–H and O–H groups in total. The lowest BCUT2D eigenvalue weighted by Gasteiger charge is -2.30. The lowest BCUT2D eigenvalue weighted by molar-refractivity contribution is 0.111. The van der Waals surface area contributed by atoms with Crippen molar-refractivity contribution >= 4 is 55.6 Å². The minimum atomic E-state index is -3.81. The van der Waals surface area contributed by atoms with Gasteiger partial charge in [-0.05, 0) is 41.6 Å². The van der Waals surface area contributed by atoms with Gasteiger partial charge in [0.1, 0.15) is 0 Å². The van der Waals surface area contributed by atoms with E-state index >= 15 is 0 Å². The van der Waals surface area contributed by atoms with Crippen LogP contribution in [-0.4, -0.2) is 50.0 Å². The first kappa shape index (κ1) is 19.3. The number of nitrogens with zero attached hydrogens (tertiary/aromatic N) is 3. The zero-order chi connectivity index (χ0) is 19.9. The van der Waals surface area contributed by atoms with Crippen LogP contribution in [0, 0.1) is 10.5 Å². The predicted octanol–water partition coefficient (Wildman–Crippen LogP) is 2.84. The maximum absolute atomic E-state index is 13.2. The van der Waals surface area contributed by atoms with Gasteiger partial charge in [0.25, 0.3) is 10.0 Å². The Labute approximate surface area is 176 Å². The van der Waals surface area contributed by atoms with Gasteiger partial charge in [-0.15, -0.1) is 0 Å². The highest BCUT2D eigenvalue weighted by Gasteiger charge is 2.26. The number of rotatable bonds is 4. The Kier molecular flexibility index (Phi) is 5.15. The number of benzene rings is 1. The van der Waals surface area contributed by atoms with E-state index < -0.39 is 10.0 Å². The number of halogens is 1. The van der Waals surface area contributed by atoms with Crippen LogP contribution < -0.4 is 4.90 Å². The molecule has 1 aliphatic heterocycles. The fourth-order valence-corrected chi connectivity index (χ4v) is 5.62. The molecule has 1 saturated heterocycles. The molecule has 7 nitrogen and oxygen atoms in total. The second-order valence-corrected chi connectivity index (χ2v) is 9.55. The van der Waals surface area contributed by atoms with Gasteiger partial charge in [0, 0.05) is 29.1 Å². The number of anilines is 1. The van der Waals surface area contributed by atoms with Crippen molar-refractivity contribution in [2.75, 3.05) is 31.2 Å². The number of hydrogen-bond donors (Lipinski definition) is 0. The number of aldehydes is 1. The molecule has 9 heteroatoms. The van der Waals surface area contributed by atoms with Crippen molar-refractivity contribution in [3.05, 3.63) is 51.4 Å². The molecule has 28 heavy (non-hydrogen) atoms. The van der Waals surface area contributed by atoms with Crippen LogP contribution in [-0.2, 0) is 14.8 Å². The summed E-state index contributed by atoms with van der Waals surface area (Å²) in [6.45, 7) is 4.28. The Hall–Kier alpha value is -1.98. The number of fused-ring (bicyclic) bond motifs is 1. The molecule has 0 atom stereocenters. The zero-order valence-corrected chi connectivity index (χ0v) is 18.1. The molecule has 0 spiro atoms. The van der Waals surface area contributed by atoms with Gasteiger partial charge in [-0.1, -0.05) is 17.7 Å². The van der Waals surface area contributed by atoms with Crippen LogP contribution in [0.1, 0.15) is 15.9 Å². The third-order valence-corrected chi connectivity index (χ3v) is 7.25. The van der Waals surface area contributed by atoms with Gasteiger partial charge in [0.2, 0.25) is 0 Å². The molecule has 0 amide bonds. The summed E-state index contributed by atoms with van der Waals surface area (Å²) in [4.78, 5) is 18.2. The highest BCUT2D eigenvalue weighted by molar-refractivity contribution is 14.1. The number of ether oxygens (including phenoxy) is 1. The number of aromatic nitrogens is 2. The second kappa shape index (κ2) is 7.45. The number of hydrogen-bond acceptors (Lipinski definition) is 6. The van der Waals surface area contributed by atoms with E-state index in [0.717, 1.165) is 15.4 Å². The summed E-state index contributed by atoms with van der Waals surface area (Å²) in [7, 11) is -3.81. The molecule has 0 saturated carbocycles. The Morgan fingerprint density at radius 3 is 2.50 bits per heavy atom. The Bertz CT molecular complexity index is 1150. The van der Waals surface area contributed by atoms with Gasteiger partial charge in [0.15, 0.2) is 11.9 Å². The van der Waals surface area contributed by atoms with Crippen LogP contribution >= 0.6 is 22.6 Å². The third kappa shape index (κ3) is 3.20. The van der Waals surface area contributed by atoms with Crippen LogP contribution in [0.15, 0.2) is 41.6 Å². The van der Waals surface area contributed by atoms with E-state index in [1.54, 1.807) is 30.5 Å². The van der Waals surface area contributed by atoms with Crippen LogP contribution in [0.2, 0.25) is 0 Å². The van der Waals surface area contributed by atoms with Crippen molar-refractivity contribution in [3.63, 3.8) is 0 Å². The van der Waals surface area contributed by atoms with Crippen molar-refractivity contribution in [3.8, 4) is 0 Å². The average Bonchev–Trinajstić information content (AvgIpc) is 3.06. The summed E-state index contributed by atoms with van der Waals surface area (Å²) in [5, 5.41) is 0.669. The van der Waals surface area contributed by atoms with Crippen molar-refractivity contribution in [1.29, 1.82) is 0 Å². The number of carbonyl (C=O) groups excluding carboxylic acids is 1. The maximum Gasteiger partial charge on any atom is 0.269 e. The molecular weight excluding hydrogens is 493 g/mol. The normalized spacial score (nSPS) is 15.1. The van der Waals surface area contributed by atoms with Crippen molar-refractivity contribution < 1.29 is 17.9 Å². The summed E-state index contributed by atoms with van der Waals surface area (Å²) in [5.74, 6) is 0. The second-order valence-electron chi connectivity index (χ2n) is 6.57. The molecule has 1 aromatic carbocycles. The molecule has 2 aromatic heterocycles. The largest absolute Gasteiger partial charge is 0.378 e. The van der Waals surface area contributed by atoms with Crippen LogP contribution in [0.4, 0.5) is 5.69 Å². The molecule has 4 rings (SSSR count). The molecular formula is C19H18IN3O4S. The summed E-state index contributed by atoms with van der Waals surface area (Å²) >= 11 is 2.10. The van der Waals surface area contributed by atoms with Gasteiger partial charge >= 0.3 is 0 Å². The average molecular weight is 511 g/mol. The first-order valence-electron chi connectivity index (χ1n) is 8.73. The minimum Gasteiger partial charge on any atom is -0.378 e. The number of aryl methyl sites for hydroxylation is 1. The van der Waals surface area contributed by atoms with Crippen LogP contribution in [0.3, 0.4) is 0 Å². The number of morpholine rings is 1. The first-order chi connectivity index (χ1) is 13.4. The van der Waals surface area contributed by atoms with E-state index in [4.69, 9.17) is 4.74 Å². The van der Waals surface area contributed by atoms with Gasteiger partial charge in [-0.2, -0.15) is 0 Å². The summed E-state index contributed by atoms with van der Waals surface area (Å²) in [6, 6.07) is 6.71. The maximum atomic E-state index is 13.2. The van der Waals surface area contributed by atoms with Crippen LogP contribution in [0.25, 0.3) is 11.0 Å². The van der Waals surface area contributed by atoms with Crippen molar-refractivity contribution in [2.45, 2.75) is 11.8 Å². The standard InChI is InChI=1S/C19H18IN3O4S/c1-13-2-4-15(5-3-13)28(25,26)23-11-16(20)17-18(22-6-8-27-9-7-22)14(12-24)10-21-19(17)23/h2-5,10-12H,6-9H2,1H3.